The van der Waals surface area contributed by atoms with Crippen LogP contribution in [0.3, 0.4) is 0 Å². The summed E-state index contributed by atoms with van der Waals surface area (Å²) in [5.74, 6) is -0.410. The Bertz CT molecular complexity index is 334. The molecule has 13 heavy (non-hydrogen) atoms. The molecule has 0 radical (unpaired) electrons. The first-order valence-electron chi connectivity index (χ1n) is 3.89. The van der Waals surface area contributed by atoms with Crippen LogP contribution in [0.5, 0.6) is 0 Å². The molecule has 3 heteroatoms. The molecule has 68 valence electrons. The van der Waals surface area contributed by atoms with Gasteiger partial charge in [0.1, 0.15) is 5.82 Å². The summed E-state index contributed by atoms with van der Waals surface area (Å²) in [4.78, 5) is 10.5. The zero-order valence-electron chi connectivity index (χ0n) is 7.03. The van der Waals surface area contributed by atoms with Crippen molar-refractivity contribution in [2.45, 2.75) is 0 Å². The summed E-state index contributed by atoms with van der Waals surface area (Å²) in [6.07, 6.45) is 4.03. The second kappa shape index (κ2) is 4.52. The van der Waals surface area contributed by atoms with E-state index < -0.39 is 5.82 Å². The first-order chi connectivity index (χ1) is 6.27. The molecular weight excluding hydrogens is 169 g/mol. The van der Waals surface area contributed by atoms with E-state index in [0.29, 0.717) is 24.0 Å². The molecule has 1 aromatic rings. The van der Waals surface area contributed by atoms with Gasteiger partial charge in [0.05, 0.1) is 0 Å². The Hall–Kier alpha value is -1.48. The lowest BCUT2D eigenvalue weighted by molar-refractivity contribution is 0.112. The van der Waals surface area contributed by atoms with E-state index in [4.69, 9.17) is 5.73 Å². The number of nitrogens with two attached hydrogens (primary N) is 1. The Morgan fingerprint density at radius 2 is 2.15 bits per heavy atom. The minimum absolute atomic E-state index is 0.338. The highest BCUT2D eigenvalue weighted by Gasteiger charge is 1.99. The van der Waals surface area contributed by atoms with E-state index in [1.54, 1.807) is 18.2 Å². The van der Waals surface area contributed by atoms with Gasteiger partial charge in [0.25, 0.3) is 0 Å². The van der Waals surface area contributed by atoms with E-state index in [2.05, 4.69) is 0 Å². The summed E-state index contributed by atoms with van der Waals surface area (Å²) in [6, 6.07) is 4.05. The Balaban J connectivity index is 3.06. The zero-order valence-corrected chi connectivity index (χ0v) is 7.03. The molecule has 0 heterocycles. The van der Waals surface area contributed by atoms with Gasteiger partial charge < -0.3 is 5.73 Å². The van der Waals surface area contributed by atoms with Crippen LogP contribution in [-0.2, 0) is 0 Å². The van der Waals surface area contributed by atoms with Gasteiger partial charge in [-0.15, -0.1) is 0 Å². The summed E-state index contributed by atoms with van der Waals surface area (Å²) in [6.45, 7) is 0.398. The van der Waals surface area contributed by atoms with Crippen LogP contribution in [0.25, 0.3) is 6.08 Å². The van der Waals surface area contributed by atoms with Gasteiger partial charge in [-0.2, -0.15) is 0 Å². The maximum absolute atomic E-state index is 12.6. The number of benzene rings is 1. The fraction of sp³-hybridized carbons (Fsp3) is 0.100. The average Bonchev–Trinajstić information content (AvgIpc) is 2.16. The summed E-state index contributed by atoms with van der Waals surface area (Å²) in [5, 5.41) is 0. The first kappa shape index (κ1) is 9.61. The maximum atomic E-state index is 12.6. The average molecular weight is 179 g/mol. The Kier molecular flexibility index (Phi) is 3.34. The highest BCUT2D eigenvalue weighted by molar-refractivity contribution is 5.81. The van der Waals surface area contributed by atoms with E-state index in [9.17, 15) is 9.18 Å². The zero-order chi connectivity index (χ0) is 9.68. The predicted molar refractivity (Wildman–Crippen MR) is 49.9 cm³/mol. The van der Waals surface area contributed by atoms with Gasteiger partial charge in [0.15, 0.2) is 6.29 Å². The minimum atomic E-state index is -0.410. The van der Waals surface area contributed by atoms with Crippen LogP contribution >= 0.6 is 0 Å². The molecule has 0 amide bonds. The number of hydrogen-bond donors (Lipinski definition) is 1. The number of hydrogen-bond acceptors (Lipinski definition) is 2. The van der Waals surface area contributed by atoms with Crippen molar-refractivity contribution in [3.63, 3.8) is 0 Å². The molecule has 0 saturated carbocycles. The molecule has 0 atom stereocenters. The summed E-state index contributed by atoms with van der Waals surface area (Å²) >= 11 is 0. The van der Waals surface area contributed by atoms with Gasteiger partial charge in [-0.1, -0.05) is 18.2 Å². The molecule has 1 aromatic carbocycles. The van der Waals surface area contributed by atoms with Crippen molar-refractivity contribution in [2.24, 2.45) is 5.73 Å². The van der Waals surface area contributed by atoms with Gasteiger partial charge >= 0.3 is 0 Å². The summed E-state index contributed by atoms with van der Waals surface area (Å²) < 4.78 is 12.6. The van der Waals surface area contributed by atoms with Crippen LogP contribution in [0, 0.1) is 5.82 Å². The highest BCUT2D eigenvalue weighted by Crippen LogP contribution is 2.10. The molecule has 0 spiro atoms. The normalized spacial score (nSPS) is 10.6. The molecule has 1 rings (SSSR count). The fourth-order valence-electron chi connectivity index (χ4n) is 0.994. The minimum Gasteiger partial charge on any atom is -0.327 e. The molecule has 2 nitrogen and oxygen atoms in total. The number of aldehydes is 1. The van der Waals surface area contributed by atoms with Crippen molar-refractivity contribution in [1.82, 2.24) is 0 Å². The Labute approximate surface area is 75.9 Å². The molecule has 2 N–H and O–H groups in total. The fourth-order valence-corrected chi connectivity index (χ4v) is 0.994. The molecule has 0 saturated heterocycles. The van der Waals surface area contributed by atoms with Crippen molar-refractivity contribution >= 4 is 12.4 Å². The third-order valence-electron chi connectivity index (χ3n) is 1.61. The molecule has 0 bridgehead atoms. The summed E-state index contributed by atoms with van der Waals surface area (Å²) in [5.41, 5.74) is 6.27. The van der Waals surface area contributed by atoms with Gasteiger partial charge in [-0.05, 0) is 17.7 Å². The molecule has 0 aliphatic carbocycles. The van der Waals surface area contributed by atoms with Crippen molar-refractivity contribution in [2.75, 3.05) is 6.54 Å². The predicted octanol–water partition coefficient (Wildman–Crippen LogP) is 1.61. The van der Waals surface area contributed by atoms with Crippen LogP contribution in [0.4, 0.5) is 4.39 Å². The smallest absolute Gasteiger partial charge is 0.150 e. The molecule has 0 fully saturated rings. The van der Waals surface area contributed by atoms with Crippen LogP contribution in [0.1, 0.15) is 15.9 Å². The van der Waals surface area contributed by atoms with E-state index in [-0.39, 0.29) is 0 Å². The van der Waals surface area contributed by atoms with E-state index in [1.165, 1.54) is 12.1 Å². The van der Waals surface area contributed by atoms with Crippen LogP contribution in [0.15, 0.2) is 24.3 Å². The molecule has 0 aliphatic heterocycles. The topological polar surface area (TPSA) is 43.1 Å². The van der Waals surface area contributed by atoms with Crippen molar-refractivity contribution in [1.29, 1.82) is 0 Å². The second-order valence-electron chi connectivity index (χ2n) is 2.53. The number of carbonyl (C=O) groups excluding carboxylic acids is 1. The maximum Gasteiger partial charge on any atom is 0.150 e. The lowest BCUT2D eigenvalue weighted by atomic mass is 10.1. The van der Waals surface area contributed by atoms with E-state index >= 15 is 0 Å². The third-order valence-corrected chi connectivity index (χ3v) is 1.61. The Morgan fingerprint density at radius 3 is 2.77 bits per heavy atom. The van der Waals surface area contributed by atoms with Crippen molar-refractivity contribution in [3.05, 3.63) is 41.2 Å². The monoisotopic (exact) mass is 179 g/mol. The molecular formula is C10H10FNO. The third kappa shape index (κ3) is 2.49. The molecule has 0 unspecified atom stereocenters. The SMILES string of the molecule is NC/C=C/c1ccc(F)cc1C=O. The van der Waals surface area contributed by atoms with Crippen LogP contribution in [-0.4, -0.2) is 12.8 Å². The van der Waals surface area contributed by atoms with E-state index in [0.717, 1.165) is 0 Å². The largest absolute Gasteiger partial charge is 0.327 e. The van der Waals surface area contributed by atoms with Gasteiger partial charge in [-0.25, -0.2) is 4.39 Å². The second-order valence-corrected chi connectivity index (χ2v) is 2.53. The highest BCUT2D eigenvalue weighted by atomic mass is 19.1. The first-order valence-corrected chi connectivity index (χ1v) is 3.89. The van der Waals surface area contributed by atoms with Gasteiger partial charge in [0.2, 0.25) is 0 Å². The van der Waals surface area contributed by atoms with Crippen LogP contribution in [0.2, 0.25) is 0 Å². The van der Waals surface area contributed by atoms with Crippen molar-refractivity contribution < 1.29 is 9.18 Å². The number of rotatable bonds is 3. The molecule has 0 aromatic heterocycles. The lowest BCUT2D eigenvalue weighted by Gasteiger charge is -1.97. The number of halogens is 1. The Morgan fingerprint density at radius 1 is 1.38 bits per heavy atom. The summed E-state index contributed by atoms with van der Waals surface area (Å²) in [7, 11) is 0. The van der Waals surface area contributed by atoms with E-state index in [1.807, 2.05) is 0 Å². The van der Waals surface area contributed by atoms with Gasteiger partial charge in [-0.3, -0.25) is 4.79 Å². The standard InChI is InChI=1S/C10H10FNO/c11-10-4-3-8(2-1-5-12)9(6-10)7-13/h1-4,6-7H,5,12H2/b2-1+. The molecule has 0 aliphatic rings. The van der Waals surface area contributed by atoms with Gasteiger partial charge in [0, 0.05) is 12.1 Å². The quantitative estimate of drug-likeness (QED) is 0.716. The number of carbonyl (C=O) groups is 1. The van der Waals surface area contributed by atoms with Crippen molar-refractivity contribution in [3.8, 4) is 0 Å². The van der Waals surface area contributed by atoms with Crippen LogP contribution < -0.4 is 5.73 Å². The lowest BCUT2D eigenvalue weighted by Crippen LogP contribution is -1.93.